The number of pyridine rings is 1. The normalized spacial score (nSPS) is 10.9. The third kappa shape index (κ3) is 2.89. The van der Waals surface area contributed by atoms with Crippen LogP contribution in [-0.2, 0) is 6.42 Å². The zero-order chi connectivity index (χ0) is 17.2. The van der Waals surface area contributed by atoms with Crippen LogP contribution in [0, 0.1) is 0 Å². The second-order valence-electron chi connectivity index (χ2n) is 5.62. The highest BCUT2D eigenvalue weighted by atomic mass is 16.5. The smallest absolute Gasteiger partial charge is 0.170 e. The van der Waals surface area contributed by atoms with Gasteiger partial charge in [0.25, 0.3) is 0 Å². The molecular weight excluding hydrogens is 316 g/mol. The third-order valence-corrected chi connectivity index (χ3v) is 3.99. The molecule has 1 N–H and O–H groups in total. The Bertz CT molecular complexity index is 1030. The van der Waals surface area contributed by atoms with Gasteiger partial charge in [0.1, 0.15) is 5.75 Å². The van der Waals surface area contributed by atoms with Crippen molar-refractivity contribution in [3.63, 3.8) is 0 Å². The van der Waals surface area contributed by atoms with Crippen LogP contribution in [0.5, 0.6) is 5.75 Å². The summed E-state index contributed by atoms with van der Waals surface area (Å²) in [6, 6.07) is 16.8. The number of hydrogen-bond donors (Lipinski definition) is 1. The summed E-state index contributed by atoms with van der Waals surface area (Å²) in [6.45, 7) is 0. The SMILES string of the molecule is COc1cccc(C(=O)Cc2nc3cccc(-c4ccc[nH]4)n3n2)c1. The summed E-state index contributed by atoms with van der Waals surface area (Å²) in [7, 11) is 1.58. The number of H-pyrrole nitrogens is 1. The lowest BCUT2D eigenvalue weighted by Gasteiger charge is -2.02. The molecule has 3 aromatic heterocycles. The number of carbonyl (C=O) groups excluding carboxylic acids is 1. The van der Waals surface area contributed by atoms with Crippen molar-refractivity contribution in [1.29, 1.82) is 0 Å². The average molecular weight is 332 g/mol. The molecule has 0 saturated carbocycles. The van der Waals surface area contributed by atoms with Gasteiger partial charge in [0.2, 0.25) is 0 Å². The molecule has 0 aliphatic carbocycles. The van der Waals surface area contributed by atoms with Crippen LogP contribution in [0.3, 0.4) is 0 Å². The number of carbonyl (C=O) groups is 1. The van der Waals surface area contributed by atoms with E-state index in [0.29, 0.717) is 22.8 Å². The van der Waals surface area contributed by atoms with Crippen LogP contribution < -0.4 is 4.74 Å². The highest BCUT2D eigenvalue weighted by Crippen LogP contribution is 2.19. The van der Waals surface area contributed by atoms with Crippen LogP contribution in [0.2, 0.25) is 0 Å². The molecule has 0 fully saturated rings. The van der Waals surface area contributed by atoms with Crippen LogP contribution in [0.25, 0.3) is 17.0 Å². The number of ketones is 1. The van der Waals surface area contributed by atoms with Crippen molar-refractivity contribution in [3.8, 4) is 17.1 Å². The Labute approximate surface area is 144 Å². The quantitative estimate of drug-likeness (QED) is 0.570. The maximum atomic E-state index is 12.5. The van der Waals surface area contributed by atoms with Gasteiger partial charge >= 0.3 is 0 Å². The molecule has 0 amide bonds. The molecule has 0 unspecified atom stereocenters. The highest BCUT2D eigenvalue weighted by Gasteiger charge is 2.14. The van der Waals surface area contributed by atoms with Gasteiger partial charge in [-0.05, 0) is 36.4 Å². The van der Waals surface area contributed by atoms with Gasteiger partial charge in [-0.3, -0.25) is 4.79 Å². The summed E-state index contributed by atoms with van der Waals surface area (Å²) in [5.74, 6) is 1.10. The zero-order valence-electron chi connectivity index (χ0n) is 13.6. The first-order chi connectivity index (χ1) is 12.2. The lowest BCUT2D eigenvalue weighted by atomic mass is 10.1. The summed E-state index contributed by atoms with van der Waals surface area (Å²) in [4.78, 5) is 20.2. The Kier molecular flexibility index (Phi) is 3.78. The predicted molar refractivity (Wildman–Crippen MR) is 93.8 cm³/mol. The maximum Gasteiger partial charge on any atom is 0.170 e. The molecule has 25 heavy (non-hydrogen) atoms. The average Bonchev–Trinajstić information content (AvgIpc) is 3.30. The van der Waals surface area contributed by atoms with Gasteiger partial charge in [-0.25, -0.2) is 9.50 Å². The second-order valence-corrected chi connectivity index (χ2v) is 5.62. The molecular formula is C19H16N4O2. The fraction of sp³-hybridized carbons (Fsp3) is 0.105. The minimum absolute atomic E-state index is 0.0452. The van der Waals surface area contributed by atoms with E-state index in [1.54, 1.807) is 29.8 Å². The lowest BCUT2D eigenvalue weighted by molar-refractivity contribution is 0.0990. The van der Waals surface area contributed by atoms with E-state index in [9.17, 15) is 4.79 Å². The van der Waals surface area contributed by atoms with Crippen LogP contribution in [0.1, 0.15) is 16.2 Å². The Morgan fingerprint density at radius 2 is 2.04 bits per heavy atom. The molecule has 3 heterocycles. The molecule has 1 aromatic carbocycles. The molecule has 4 aromatic rings. The Hall–Kier alpha value is -3.41. The number of aromatic nitrogens is 4. The van der Waals surface area contributed by atoms with Gasteiger partial charge < -0.3 is 9.72 Å². The summed E-state index contributed by atoms with van der Waals surface area (Å²) in [5, 5.41) is 4.51. The Morgan fingerprint density at radius 3 is 2.84 bits per heavy atom. The number of hydrogen-bond acceptors (Lipinski definition) is 4. The van der Waals surface area contributed by atoms with E-state index in [1.807, 2.05) is 42.6 Å². The molecule has 0 saturated heterocycles. The van der Waals surface area contributed by atoms with Gasteiger partial charge in [-0.1, -0.05) is 18.2 Å². The van der Waals surface area contributed by atoms with E-state index in [-0.39, 0.29) is 12.2 Å². The van der Waals surface area contributed by atoms with Gasteiger partial charge in [-0.2, -0.15) is 5.10 Å². The fourth-order valence-corrected chi connectivity index (χ4v) is 2.76. The van der Waals surface area contributed by atoms with E-state index in [2.05, 4.69) is 15.1 Å². The van der Waals surface area contributed by atoms with Crippen molar-refractivity contribution >= 4 is 11.4 Å². The van der Waals surface area contributed by atoms with Crippen LogP contribution >= 0.6 is 0 Å². The largest absolute Gasteiger partial charge is 0.497 e. The van der Waals surface area contributed by atoms with E-state index in [1.165, 1.54) is 0 Å². The van der Waals surface area contributed by atoms with E-state index in [0.717, 1.165) is 11.4 Å². The Morgan fingerprint density at radius 1 is 1.16 bits per heavy atom. The van der Waals surface area contributed by atoms with Crippen molar-refractivity contribution in [3.05, 3.63) is 72.2 Å². The van der Waals surface area contributed by atoms with E-state index >= 15 is 0 Å². The van der Waals surface area contributed by atoms with Gasteiger partial charge in [0, 0.05) is 11.8 Å². The van der Waals surface area contributed by atoms with Gasteiger partial charge in [0.05, 0.1) is 24.9 Å². The molecule has 4 rings (SSSR count). The monoisotopic (exact) mass is 332 g/mol. The number of methoxy groups -OCH3 is 1. The number of ether oxygens (including phenoxy) is 1. The molecule has 6 nitrogen and oxygen atoms in total. The first-order valence-corrected chi connectivity index (χ1v) is 7.90. The van der Waals surface area contributed by atoms with Crippen LogP contribution in [0.15, 0.2) is 60.8 Å². The molecule has 0 atom stereocenters. The number of aromatic amines is 1. The molecule has 0 aliphatic heterocycles. The first-order valence-electron chi connectivity index (χ1n) is 7.90. The number of fused-ring (bicyclic) bond motifs is 1. The van der Waals surface area contributed by atoms with Crippen molar-refractivity contribution in [1.82, 2.24) is 19.6 Å². The van der Waals surface area contributed by atoms with Gasteiger partial charge in [-0.15, -0.1) is 0 Å². The topological polar surface area (TPSA) is 72.3 Å². The summed E-state index contributed by atoms with van der Waals surface area (Å²) in [6.07, 6.45) is 2.00. The Balaban J connectivity index is 1.66. The fourth-order valence-electron chi connectivity index (χ4n) is 2.76. The molecule has 0 radical (unpaired) electrons. The molecule has 124 valence electrons. The van der Waals surface area contributed by atoms with Crippen molar-refractivity contribution in [2.24, 2.45) is 0 Å². The molecule has 0 spiro atoms. The summed E-state index contributed by atoms with van der Waals surface area (Å²) in [5.41, 5.74) is 3.14. The zero-order valence-corrected chi connectivity index (χ0v) is 13.6. The first kappa shape index (κ1) is 15.1. The van der Waals surface area contributed by atoms with E-state index < -0.39 is 0 Å². The van der Waals surface area contributed by atoms with Crippen molar-refractivity contribution in [2.45, 2.75) is 6.42 Å². The second kappa shape index (κ2) is 6.24. The van der Waals surface area contributed by atoms with E-state index in [4.69, 9.17) is 4.74 Å². The van der Waals surface area contributed by atoms with Crippen molar-refractivity contribution in [2.75, 3.05) is 7.11 Å². The molecule has 0 aliphatic rings. The summed E-state index contributed by atoms with van der Waals surface area (Å²) >= 11 is 0. The number of benzene rings is 1. The lowest BCUT2D eigenvalue weighted by Crippen LogP contribution is -2.05. The van der Waals surface area contributed by atoms with Crippen LogP contribution in [0.4, 0.5) is 0 Å². The predicted octanol–water partition coefficient (Wildman–Crippen LogP) is 3.16. The minimum atomic E-state index is -0.0452. The highest BCUT2D eigenvalue weighted by molar-refractivity contribution is 5.97. The van der Waals surface area contributed by atoms with Crippen LogP contribution in [-0.4, -0.2) is 32.5 Å². The molecule has 6 heteroatoms. The number of rotatable bonds is 5. The number of nitrogens with one attached hydrogen (secondary N) is 1. The number of Topliss-reactive ketones (excluding diaryl/α,β-unsaturated/α-hetero) is 1. The number of nitrogens with zero attached hydrogens (tertiary/aromatic N) is 3. The molecule has 0 bridgehead atoms. The third-order valence-electron chi connectivity index (χ3n) is 3.99. The van der Waals surface area contributed by atoms with Gasteiger partial charge in [0.15, 0.2) is 17.3 Å². The maximum absolute atomic E-state index is 12.5. The standard InChI is InChI=1S/C19H16N4O2/c1-25-14-6-2-5-13(11-14)17(24)12-18-21-19-9-3-8-16(23(19)22-18)15-7-4-10-20-15/h2-11,20H,12H2,1H3. The van der Waals surface area contributed by atoms with Crippen molar-refractivity contribution < 1.29 is 9.53 Å². The summed E-state index contributed by atoms with van der Waals surface area (Å²) < 4.78 is 6.92. The minimum Gasteiger partial charge on any atom is -0.497 e.